The maximum absolute atomic E-state index is 13.4. The lowest BCUT2D eigenvalue weighted by Gasteiger charge is -2.10. The van der Waals surface area contributed by atoms with Gasteiger partial charge in [-0.25, -0.2) is 8.78 Å². The summed E-state index contributed by atoms with van der Waals surface area (Å²) in [6.07, 6.45) is 0.454. The second kappa shape index (κ2) is 6.43. The Morgan fingerprint density at radius 1 is 1.14 bits per heavy atom. The van der Waals surface area contributed by atoms with Crippen LogP contribution < -0.4 is 4.74 Å². The summed E-state index contributed by atoms with van der Waals surface area (Å²) in [6.45, 7) is 1.13. The number of ketones is 1. The van der Waals surface area contributed by atoms with Crippen LogP contribution in [-0.2, 0) is 6.42 Å². The molecule has 6 heteroatoms. The van der Waals surface area contributed by atoms with Gasteiger partial charge in [0.25, 0.3) is 0 Å². The van der Waals surface area contributed by atoms with Crippen LogP contribution in [0.4, 0.5) is 8.78 Å². The topological polar surface area (TPSA) is 66.8 Å². The largest absolute Gasteiger partial charge is 0.508 e. The average molecular weight is 308 g/mol. The number of hydrogen-bond acceptors (Lipinski definition) is 4. The molecule has 22 heavy (non-hydrogen) atoms. The van der Waals surface area contributed by atoms with Crippen LogP contribution in [0.3, 0.4) is 0 Å². The lowest BCUT2D eigenvalue weighted by Crippen LogP contribution is -2.13. The minimum Gasteiger partial charge on any atom is -0.508 e. The summed E-state index contributed by atoms with van der Waals surface area (Å²) in [6, 6.07) is 5.58. The molecule has 2 rings (SSSR count). The molecule has 0 heterocycles. The number of hydrogen-bond donors (Lipinski definition) is 2. The van der Waals surface area contributed by atoms with E-state index >= 15 is 0 Å². The van der Waals surface area contributed by atoms with E-state index in [0.29, 0.717) is 12.0 Å². The van der Waals surface area contributed by atoms with Crippen molar-refractivity contribution >= 4 is 5.78 Å². The van der Waals surface area contributed by atoms with Crippen LogP contribution >= 0.6 is 0 Å². The van der Waals surface area contributed by atoms with E-state index in [-0.39, 0.29) is 11.3 Å². The molecule has 2 aromatic rings. The molecule has 0 aliphatic heterocycles. The Bertz CT molecular complexity index is 693. The number of aromatic hydroxyl groups is 2. The Morgan fingerprint density at radius 3 is 2.36 bits per heavy atom. The van der Waals surface area contributed by atoms with E-state index in [1.807, 2.05) is 0 Å². The van der Waals surface area contributed by atoms with E-state index in [0.717, 1.165) is 18.2 Å². The summed E-state index contributed by atoms with van der Waals surface area (Å²) in [5.74, 6) is -3.69. The molecule has 2 N–H and O–H groups in total. The number of aryl methyl sites for hydroxylation is 1. The van der Waals surface area contributed by atoms with Gasteiger partial charge in [0.15, 0.2) is 24.0 Å². The van der Waals surface area contributed by atoms with E-state index < -0.39 is 35.5 Å². The molecule has 0 aliphatic rings. The molecule has 0 spiro atoms. The molecule has 0 saturated carbocycles. The van der Waals surface area contributed by atoms with Crippen molar-refractivity contribution in [3.05, 3.63) is 53.1 Å². The van der Waals surface area contributed by atoms with Crippen molar-refractivity contribution in [3.8, 4) is 17.2 Å². The van der Waals surface area contributed by atoms with Crippen molar-refractivity contribution in [2.45, 2.75) is 13.3 Å². The molecule has 0 radical (unpaired) electrons. The van der Waals surface area contributed by atoms with Gasteiger partial charge in [-0.05, 0) is 30.2 Å². The number of phenols is 2. The molecule has 2 aromatic carbocycles. The smallest absolute Gasteiger partial charge is 0.203 e. The van der Waals surface area contributed by atoms with Crippen LogP contribution in [0, 0.1) is 11.6 Å². The van der Waals surface area contributed by atoms with Gasteiger partial charge < -0.3 is 14.9 Å². The van der Waals surface area contributed by atoms with Crippen molar-refractivity contribution in [2.75, 3.05) is 6.61 Å². The normalized spacial score (nSPS) is 10.5. The van der Waals surface area contributed by atoms with Crippen molar-refractivity contribution < 1.29 is 28.5 Å². The van der Waals surface area contributed by atoms with Crippen LogP contribution in [0.1, 0.15) is 22.8 Å². The predicted molar refractivity (Wildman–Crippen MR) is 75.3 cm³/mol. The minimum absolute atomic E-state index is 0.0774. The van der Waals surface area contributed by atoms with Gasteiger partial charge >= 0.3 is 0 Å². The van der Waals surface area contributed by atoms with Gasteiger partial charge in [-0.2, -0.15) is 0 Å². The van der Waals surface area contributed by atoms with Gasteiger partial charge in [-0.15, -0.1) is 0 Å². The third-order valence-corrected chi connectivity index (χ3v) is 3.14. The van der Waals surface area contributed by atoms with Crippen LogP contribution in [0.5, 0.6) is 17.2 Å². The van der Waals surface area contributed by atoms with E-state index in [1.165, 1.54) is 12.1 Å². The second-order valence-electron chi connectivity index (χ2n) is 4.61. The van der Waals surface area contributed by atoms with Crippen molar-refractivity contribution in [3.63, 3.8) is 0 Å². The Labute approximate surface area is 125 Å². The molecule has 0 atom stereocenters. The lowest BCUT2D eigenvalue weighted by atomic mass is 10.0. The highest BCUT2D eigenvalue weighted by Gasteiger charge is 2.17. The molecule has 0 aromatic heterocycles. The summed E-state index contributed by atoms with van der Waals surface area (Å²) < 4.78 is 31.7. The fourth-order valence-corrected chi connectivity index (χ4v) is 1.96. The molecule has 116 valence electrons. The average Bonchev–Trinajstić information content (AvgIpc) is 2.46. The van der Waals surface area contributed by atoms with Crippen molar-refractivity contribution in [2.24, 2.45) is 0 Å². The van der Waals surface area contributed by atoms with E-state index in [4.69, 9.17) is 4.74 Å². The first-order chi connectivity index (χ1) is 10.4. The summed E-state index contributed by atoms with van der Waals surface area (Å²) in [7, 11) is 0. The quantitative estimate of drug-likeness (QED) is 0.832. The zero-order chi connectivity index (χ0) is 16.3. The summed E-state index contributed by atoms with van der Waals surface area (Å²) in [5, 5.41) is 19.3. The van der Waals surface area contributed by atoms with Crippen molar-refractivity contribution in [1.82, 2.24) is 0 Å². The number of phenolic OH excluding ortho intramolecular Hbond substituents is 2. The van der Waals surface area contributed by atoms with Crippen molar-refractivity contribution in [1.29, 1.82) is 0 Å². The molecule has 0 fully saturated rings. The number of carbonyl (C=O) groups is 1. The first-order valence-corrected chi connectivity index (χ1v) is 6.59. The molecule has 0 aliphatic carbocycles. The maximum Gasteiger partial charge on any atom is 0.203 e. The van der Waals surface area contributed by atoms with Gasteiger partial charge in [0, 0.05) is 6.07 Å². The van der Waals surface area contributed by atoms with Crippen LogP contribution in [-0.4, -0.2) is 22.6 Å². The Balaban J connectivity index is 2.20. The summed E-state index contributed by atoms with van der Waals surface area (Å²) >= 11 is 0. The number of halogens is 2. The highest BCUT2D eigenvalue weighted by atomic mass is 19.1. The Hall–Kier alpha value is -2.63. The van der Waals surface area contributed by atoms with Crippen LogP contribution in [0.25, 0.3) is 0 Å². The highest BCUT2D eigenvalue weighted by molar-refractivity contribution is 6.00. The molecule has 0 amide bonds. The van der Waals surface area contributed by atoms with Crippen LogP contribution in [0.2, 0.25) is 0 Å². The number of benzene rings is 2. The fraction of sp³-hybridized carbons (Fsp3) is 0.188. The highest BCUT2D eigenvalue weighted by Crippen LogP contribution is 2.28. The Kier molecular flexibility index (Phi) is 4.60. The first kappa shape index (κ1) is 15.8. The third-order valence-electron chi connectivity index (χ3n) is 3.14. The Morgan fingerprint density at radius 2 is 1.77 bits per heavy atom. The van der Waals surface area contributed by atoms with Gasteiger partial charge in [0.2, 0.25) is 5.78 Å². The maximum atomic E-state index is 13.4. The monoisotopic (exact) mass is 308 g/mol. The third kappa shape index (κ3) is 3.16. The summed E-state index contributed by atoms with van der Waals surface area (Å²) in [4.78, 5) is 12.0. The van der Waals surface area contributed by atoms with Gasteiger partial charge in [0.05, 0.1) is 5.56 Å². The number of Topliss-reactive ketones (excluding diaryl/α,β-unsaturated/α-hetero) is 1. The lowest BCUT2D eigenvalue weighted by molar-refractivity contribution is 0.0913. The SMILES string of the molecule is CCc1cc(C(=O)COc2c(F)cccc2F)c(O)cc1O. The van der Waals surface area contributed by atoms with Crippen LogP contribution in [0.15, 0.2) is 30.3 Å². The number of carbonyl (C=O) groups excluding carboxylic acids is 1. The van der Waals surface area contributed by atoms with Gasteiger partial charge in [-0.1, -0.05) is 13.0 Å². The van der Waals surface area contributed by atoms with E-state index in [2.05, 4.69) is 0 Å². The zero-order valence-electron chi connectivity index (χ0n) is 11.8. The molecular formula is C16H14F2O4. The van der Waals surface area contributed by atoms with Gasteiger partial charge in [-0.3, -0.25) is 4.79 Å². The van der Waals surface area contributed by atoms with Gasteiger partial charge in [0.1, 0.15) is 11.5 Å². The standard InChI is InChI=1S/C16H14F2O4/c1-2-9-6-10(14(20)7-13(9)19)15(21)8-22-16-11(17)4-3-5-12(16)18/h3-7,19-20H,2,8H2,1H3. The second-order valence-corrected chi connectivity index (χ2v) is 4.61. The molecule has 0 bridgehead atoms. The first-order valence-electron chi connectivity index (χ1n) is 6.59. The predicted octanol–water partition coefficient (Wildman–Crippen LogP) is 3.20. The number of ether oxygens (including phenoxy) is 1. The molecule has 0 saturated heterocycles. The number of rotatable bonds is 5. The fourth-order valence-electron chi connectivity index (χ4n) is 1.96. The molecule has 4 nitrogen and oxygen atoms in total. The minimum atomic E-state index is -0.919. The molecule has 0 unspecified atom stereocenters. The molecular weight excluding hydrogens is 294 g/mol. The van der Waals surface area contributed by atoms with E-state index in [9.17, 15) is 23.8 Å². The number of para-hydroxylation sites is 1. The van der Waals surface area contributed by atoms with E-state index in [1.54, 1.807) is 6.92 Å². The zero-order valence-corrected chi connectivity index (χ0v) is 11.8. The summed E-state index contributed by atoms with van der Waals surface area (Å²) in [5.41, 5.74) is 0.393.